The standard InChI is InChI=1S/C37H39F2N7O2/c1-8-28(47)44-16-22-10-11-23-34(45(22)15-21(44)7)24-13-26(38)30(29-20(6)9-12-27-25(29)14-42-43-27)31(39)35(24)46(37(23)48)36-32(18(2)3)40-17-41-33(36)19(4)5/h8-9,12-14,17-19,21-22H,1,10-11,15-16H2,2-7H3,(H,42,43). The second-order valence-electron chi connectivity index (χ2n) is 13.7. The maximum Gasteiger partial charge on any atom is 0.261 e. The van der Waals surface area contributed by atoms with Crippen molar-refractivity contribution in [2.75, 3.05) is 18.0 Å². The molecule has 2 aliphatic rings. The molecule has 1 N–H and O–H groups in total. The third kappa shape index (κ3) is 4.65. The van der Waals surface area contributed by atoms with Crippen molar-refractivity contribution < 1.29 is 13.6 Å². The lowest BCUT2D eigenvalue weighted by atomic mass is 9.89. The van der Waals surface area contributed by atoms with E-state index in [1.165, 1.54) is 23.0 Å². The van der Waals surface area contributed by atoms with Crippen molar-refractivity contribution in [2.24, 2.45) is 0 Å². The molecule has 0 spiro atoms. The number of amides is 1. The highest BCUT2D eigenvalue weighted by atomic mass is 19.1. The van der Waals surface area contributed by atoms with E-state index in [9.17, 15) is 4.79 Å². The van der Waals surface area contributed by atoms with Crippen LogP contribution in [0.5, 0.6) is 0 Å². The highest BCUT2D eigenvalue weighted by Gasteiger charge is 2.40. The summed E-state index contributed by atoms with van der Waals surface area (Å²) in [5, 5.41) is 7.92. The van der Waals surface area contributed by atoms with Crippen molar-refractivity contribution in [3.8, 4) is 16.8 Å². The quantitative estimate of drug-likeness (QED) is 0.213. The van der Waals surface area contributed by atoms with Crippen LogP contribution in [0.1, 0.15) is 75.4 Å². The fourth-order valence-electron chi connectivity index (χ4n) is 7.74. The minimum Gasteiger partial charge on any atom is -0.364 e. The van der Waals surface area contributed by atoms with Crippen molar-refractivity contribution in [3.05, 3.63) is 87.9 Å². The van der Waals surface area contributed by atoms with Crippen molar-refractivity contribution in [3.63, 3.8) is 0 Å². The molecule has 0 saturated carbocycles. The zero-order valence-electron chi connectivity index (χ0n) is 28.1. The number of benzene rings is 2. The van der Waals surface area contributed by atoms with Gasteiger partial charge in [-0.1, -0.05) is 40.3 Å². The Labute approximate surface area is 277 Å². The first-order valence-corrected chi connectivity index (χ1v) is 16.5. The van der Waals surface area contributed by atoms with Gasteiger partial charge in [-0.3, -0.25) is 19.3 Å². The average molecular weight is 652 g/mol. The Balaban J connectivity index is 1.63. The molecular weight excluding hydrogens is 612 g/mol. The van der Waals surface area contributed by atoms with Gasteiger partial charge in [0.05, 0.1) is 45.6 Å². The monoisotopic (exact) mass is 651 g/mol. The Morgan fingerprint density at radius 2 is 1.75 bits per heavy atom. The third-order valence-corrected chi connectivity index (χ3v) is 10.0. The molecule has 0 aliphatic carbocycles. The van der Waals surface area contributed by atoms with Gasteiger partial charge < -0.3 is 9.80 Å². The summed E-state index contributed by atoms with van der Waals surface area (Å²) in [6.45, 7) is 16.1. The van der Waals surface area contributed by atoms with Gasteiger partial charge in [0.25, 0.3) is 5.56 Å². The second-order valence-corrected chi connectivity index (χ2v) is 13.7. The van der Waals surface area contributed by atoms with Crippen LogP contribution >= 0.6 is 0 Å². The Kier molecular flexibility index (Phi) is 7.68. The average Bonchev–Trinajstić information content (AvgIpc) is 3.54. The van der Waals surface area contributed by atoms with Crippen LogP contribution in [0.2, 0.25) is 0 Å². The summed E-state index contributed by atoms with van der Waals surface area (Å²) in [5.41, 5.74) is 3.72. The normalized spacial score (nSPS) is 17.8. The highest BCUT2D eigenvalue weighted by Crippen LogP contribution is 2.44. The first kappa shape index (κ1) is 31.7. The summed E-state index contributed by atoms with van der Waals surface area (Å²) in [7, 11) is 0. The van der Waals surface area contributed by atoms with Gasteiger partial charge >= 0.3 is 0 Å². The van der Waals surface area contributed by atoms with E-state index in [0.29, 0.717) is 81.7 Å². The molecule has 5 heterocycles. The Bertz CT molecular complexity index is 2180. The van der Waals surface area contributed by atoms with Gasteiger partial charge in [-0.05, 0) is 62.3 Å². The van der Waals surface area contributed by atoms with Crippen LogP contribution in [-0.2, 0) is 11.2 Å². The highest BCUT2D eigenvalue weighted by molar-refractivity contribution is 6.02. The number of aryl methyl sites for hydroxylation is 1. The predicted octanol–water partition coefficient (Wildman–Crippen LogP) is 6.70. The van der Waals surface area contributed by atoms with Gasteiger partial charge in [0, 0.05) is 47.1 Å². The van der Waals surface area contributed by atoms with Crippen LogP contribution in [0.15, 0.2) is 48.2 Å². The zero-order chi connectivity index (χ0) is 34.2. The van der Waals surface area contributed by atoms with Crippen LogP contribution in [0.4, 0.5) is 14.5 Å². The molecule has 2 atom stereocenters. The lowest BCUT2D eigenvalue weighted by Gasteiger charge is -2.49. The molecule has 11 heteroatoms. The molecule has 1 saturated heterocycles. The van der Waals surface area contributed by atoms with Gasteiger partial charge in [-0.15, -0.1) is 0 Å². The number of piperazine rings is 1. The van der Waals surface area contributed by atoms with E-state index in [0.717, 1.165) is 0 Å². The van der Waals surface area contributed by atoms with Crippen molar-refractivity contribution in [1.29, 1.82) is 0 Å². The Hall–Kier alpha value is -4.93. The van der Waals surface area contributed by atoms with E-state index in [1.54, 1.807) is 24.1 Å². The molecule has 9 nitrogen and oxygen atoms in total. The van der Waals surface area contributed by atoms with E-state index in [4.69, 9.17) is 0 Å². The fraction of sp³-hybridized carbons (Fsp3) is 0.378. The number of nitrogens with one attached hydrogen (secondary N) is 1. The number of pyridine rings is 1. The van der Waals surface area contributed by atoms with E-state index >= 15 is 13.6 Å². The number of halogens is 2. The third-order valence-electron chi connectivity index (χ3n) is 10.0. The van der Waals surface area contributed by atoms with Crippen LogP contribution in [-0.4, -0.2) is 60.7 Å². The minimum absolute atomic E-state index is 0.0217. The van der Waals surface area contributed by atoms with Crippen LogP contribution in [0, 0.1) is 18.6 Å². The Morgan fingerprint density at radius 1 is 1.04 bits per heavy atom. The fourth-order valence-corrected chi connectivity index (χ4v) is 7.74. The largest absolute Gasteiger partial charge is 0.364 e. The topological polar surface area (TPSA) is 100 Å². The summed E-state index contributed by atoms with van der Waals surface area (Å²) in [5.74, 6) is -1.98. The molecule has 2 aromatic carbocycles. The molecule has 3 aromatic heterocycles. The number of anilines is 1. The molecule has 1 fully saturated rings. The number of H-pyrrole nitrogens is 1. The van der Waals surface area contributed by atoms with E-state index in [2.05, 4.69) is 31.6 Å². The van der Waals surface area contributed by atoms with Gasteiger partial charge in [-0.25, -0.2) is 18.7 Å². The first-order valence-electron chi connectivity index (χ1n) is 16.5. The molecular formula is C37H39F2N7O2. The van der Waals surface area contributed by atoms with E-state index in [-0.39, 0.29) is 46.5 Å². The van der Waals surface area contributed by atoms with E-state index in [1.807, 2.05) is 40.7 Å². The van der Waals surface area contributed by atoms with Gasteiger partial charge in [-0.2, -0.15) is 5.10 Å². The maximum atomic E-state index is 17.8. The van der Waals surface area contributed by atoms with Crippen molar-refractivity contribution in [1.82, 2.24) is 29.6 Å². The number of carbonyl (C=O) groups is 1. The maximum absolute atomic E-state index is 17.8. The number of fused-ring (bicyclic) bond motifs is 6. The molecule has 5 aromatic rings. The summed E-state index contributed by atoms with van der Waals surface area (Å²) >= 11 is 0. The molecule has 0 radical (unpaired) electrons. The number of hydrogen-bond donors (Lipinski definition) is 1. The number of hydrogen-bond acceptors (Lipinski definition) is 6. The molecule has 248 valence electrons. The van der Waals surface area contributed by atoms with Gasteiger partial charge in [0.2, 0.25) is 5.91 Å². The van der Waals surface area contributed by atoms with Crippen molar-refractivity contribution >= 4 is 33.4 Å². The predicted molar refractivity (Wildman–Crippen MR) is 184 cm³/mol. The number of aromatic amines is 1. The summed E-state index contributed by atoms with van der Waals surface area (Å²) < 4.78 is 35.9. The molecule has 2 unspecified atom stereocenters. The number of rotatable bonds is 5. The second kappa shape index (κ2) is 11.6. The molecule has 7 rings (SSSR count). The summed E-state index contributed by atoms with van der Waals surface area (Å²) in [4.78, 5) is 40.8. The SMILES string of the molecule is C=CC(=O)N1CC2CCc3c(c4cc(F)c(-c5c(C)ccc6[nH]ncc56)c(F)c4n(-c4c(C(C)C)ncnc4C(C)C)c3=O)N2CC1C. The number of carbonyl (C=O) groups excluding carboxylic acids is 1. The number of aromatic nitrogens is 5. The molecule has 1 amide bonds. The molecule has 2 aliphatic heterocycles. The van der Waals surface area contributed by atoms with Crippen LogP contribution < -0.4 is 10.5 Å². The van der Waals surface area contributed by atoms with Crippen LogP contribution in [0.3, 0.4) is 0 Å². The zero-order valence-corrected chi connectivity index (χ0v) is 28.1. The molecule has 0 bridgehead atoms. The smallest absolute Gasteiger partial charge is 0.261 e. The van der Waals surface area contributed by atoms with Crippen LogP contribution in [0.25, 0.3) is 38.6 Å². The minimum atomic E-state index is -0.842. The lowest BCUT2D eigenvalue weighted by Crippen LogP contribution is -2.60. The Morgan fingerprint density at radius 3 is 2.42 bits per heavy atom. The summed E-state index contributed by atoms with van der Waals surface area (Å²) in [6, 6.07) is 4.65. The van der Waals surface area contributed by atoms with Crippen molar-refractivity contribution in [2.45, 2.75) is 78.3 Å². The lowest BCUT2D eigenvalue weighted by molar-refractivity contribution is -0.129. The number of nitrogens with zero attached hydrogens (tertiary/aromatic N) is 6. The first-order chi connectivity index (χ1) is 22.9. The van der Waals surface area contributed by atoms with E-state index < -0.39 is 11.6 Å². The summed E-state index contributed by atoms with van der Waals surface area (Å²) in [6.07, 6.45) is 5.35. The molecule has 48 heavy (non-hydrogen) atoms. The van der Waals surface area contributed by atoms with Gasteiger partial charge in [0.15, 0.2) is 5.82 Å². The van der Waals surface area contributed by atoms with Gasteiger partial charge in [0.1, 0.15) is 12.1 Å².